The first-order valence-corrected chi connectivity index (χ1v) is 6.52. The first-order chi connectivity index (χ1) is 10.6. The van der Waals surface area contributed by atoms with Crippen LogP contribution >= 0.6 is 0 Å². The lowest BCUT2D eigenvalue weighted by molar-refractivity contribution is 0.0951. The Balaban J connectivity index is 1.94. The minimum atomic E-state index is -0.655. The van der Waals surface area contributed by atoms with Gasteiger partial charge in [0, 0.05) is 17.8 Å². The zero-order chi connectivity index (χ0) is 15.9. The van der Waals surface area contributed by atoms with E-state index in [-0.39, 0.29) is 5.91 Å². The molecule has 0 unspecified atom stereocenters. The summed E-state index contributed by atoms with van der Waals surface area (Å²) < 4.78 is 0. The van der Waals surface area contributed by atoms with Crippen molar-refractivity contribution in [2.45, 2.75) is 6.54 Å². The number of nitrogens with one attached hydrogen (secondary N) is 2. The van der Waals surface area contributed by atoms with E-state index in [1.54, 1.807) is 48.5 Å². The van der Waals surface area contributed by atoms with Gasteiger partial charge in [-0.05, 0) is 42.0 Å². The molecular weight excluding hydrogens is 280 g/mol. The summed E-state index contributed by atoms with van der Waals surface area (Å²) in [6.07, 6.45) is 0. The fourth-order valence-corrected chi connectivity index (χ4v) is 1.83. The number of urea groups is 1. The van der Waals surface area contributed by atoms with Gasteiger partial charge in [-0.25, -0.2) is 4.79 Å². The second kappa shape index (κ2) is 6.90. The summed E-state index contributed by atoms with van der Waals surface area (Å²) in [7, 11) is 0. The zero-order valence-corrected chi connectivity index (χ0v) is 11.7. The highest BCUT2D eigenvalue weighted by molar-refractivity contribution is 5.95. The van der Waals surface area contributed by atoms with Gasteiger partial charge in [0.1, 0.15) is 0 Å². The first-order valence-electron chi connectivity index (χ1n) is 6.52. The molecule has 0 fully saturated rings. The zero-order valence-electron chi connectivity index (χ0n) is 11.7. The van der Waals surface area contributed by atoms with Gasteiger partial charge in [-0.15, -0.1) is 0 Å². The number of nitrogens with zero attached hydrogens (tertiary/aromatic N) is 1. The maximum absolute atomic E-state index is 12.0. The van der Waals surface area contributed by atoms with E-state index in [0.29, 0.717) is 23.4 Å². The summed E-state index contributed by atoms with van der Waals surface area (Å²) in [6.45, 7) is 0.367. The number of carbonyl (C=O) groups is 2. The van der Waals surface area contributed by atoms with Crippen LogP contribution in [0.2, 0.25) is 0 Å². The van der Waals surface area contributed by atoms with Crippen molar-refractivity contribution >= 4 is 17.6 Å². The number of hydrogen-bond donors (Lipinski definition) is 3. The maximum atomic E-state index is 12.0. The summed E-state index contributed by atoms with van der Waals surface area (Å²) in [6, 6.07) is 14.8. The number of hydrogen-bond acceptors (Lipinski definition) is 3. The van der Waals surface area contributed by atoms with Gasteiger partial charge in [0.25, 0.3) is 5.91 Å². The van der Waals surface area contributed by atoms with Crippen LogP contribution in [-0.2, 0) is 6.54 Å². The molecule has 0 aliphatic heterocycles. The third-order valence-corrected chi connectivity index (χ3v) is 2.95. The lowest BCUT2D eigenvalue weighted by Crippen LogP contribution is -2.23. The molecule has 0 saturated heterocycles. The van der Waals surface area contributed by atoms with Crippen LogP contribution in [0, 0.1) is 11.3 Å². The molecule has 0 radical (unpaired) electrons. The Hall–Kier alpha value is -3.33. The fraction of sp³-hybridized carbons (Fsp3) is 0.0625. The molecule has 0 saturated carbocycles. The smallest absolute Gasteiger partial charge is 0.316 e. The normalized spacial score (nSPS) is 9.59. The Morgan fingerprint density at radius 3 is 2.23 bits per heavy atom. The number of carbonyl (C=O) groups excluding carboxylic acids is 2. The van der Waals surface area contributed by atoms with E-state index in [0.717, 1.165) is 5.56 Å². The molecule has 0 aliphatic rings. The highest BCUT2D eigenvalue weighted by Gasteiger charge is 2.05. The fourth-order valence-electron chi connectivity index (χ4n) is 1.83. The van der Waals surface area contributed by atoms with Crippen molar-refractivity contribution in [3.8, 4) is 6.07 Å². The highest BCUT2D eigenvalue weighted by Crippen LogP contribution is 2.09. The topological polar surface area (TPSA) is 108 Å². The lowest BCUT2D eigenvalue weighted by Gasteiger charge is -2.07. The molecule has 0 aliphatic carbocycles. The average molecular weight is 294 g/mol. The number of primary amides is 1. The summed E-state index contributed by atoms with van der Waals surface area (Å²) in [5.74, 6) is -0.227. The standard InChI is InChI=1S/C16H14N4O2/c17-9-11-1-3-12(4-2-11)10-19-15(21)13-5-7-14(8-6-13)20-16(18)22/h1-8H,10H2,(H,19,21)(H3,18,20,22). The SMILES string of the molecule is N#Cc1ccc(CNC(=O)c2ccc(NC(N)=O)cc2)cc1. The van der Waals surface area contributed by atoms with Crippen LogP contribution in [-0.4, -0.2) is 11.9 Å². The third-order valence-electron chi connectivity index (χ3n) is 2.95. The summed E-state index contributed by atoms with van der Waals surface area (Å²) >= 11 is 0. The van der Waals surface area contributed by atoms with Gasteiger partial charge >= 0.3 is 6.03 Å². The monoisotopic (exact) mass is 294 g/mol. The van der Waals surface area contributed by atoms with Crippen molar-refractivity contribution in [3.63, 3.8) is 0 Å². The van der Waals surface area contributed by atoms with Crippen LogP contribution < -0.4 is 16.4 Å². The van der Waals surface area contributed by atoms with E-state index in [2.05, 4.69) is 10.6 Å². The molecule has 0 heterocycles. The molecule has 6 nitrogen and oxygen atoms in total. The number of nitriles is 1. The quantitative estimate of drug-likeness (QED) is 0.802. The first kappa shape index (κ1) is 15.1. The van der Waals surface area contributed by atoms with Gasteiger partial charge in [0.05, 0.1) is 11.6 Å². The molecule has 6 heteroatoms. The van der Waals surface area contributed by atoms with Crippen LogP contribution in [0.15, 0.2) is 48.5 Å². The summed E-state index contributed by atoms with van der Waals surface area (Å²) in [4.78, 5) is 22.7. The Kier molecular flexibility index (Phi) is 4.73. The predicted molar refractivity (Wildman–Crippen MR) is 82.0 cm³/mol. The van der Waals surface area contributed by atoms with Crippen molar-refractivity contribution in [2.24, 2.45) is 5.73 Å². The van der Waals surface area contributed by atoms with Gasteiger partial charge in [0.15, 0.2) is 0 Å². The van der Waals surface area contributed by atoms with Gasteiger partial charge in [-0.3, -0.25) is 4.79 Å². The third kappa shape index (κ3) is 4.08. The van der Waals surface area contributed by atoms with Crippen LogP contribution in [0.1, 0.15) is 21.5 Å². The van der Waals surface area contributed by atoms with E-state index >= 15 is 0 Å². The highest BCUT2D eigenvalue weighted by atomic mass is 16.2. The van der Waals surface area contributed by atoms with Gasteiger partial charge in [-0.1, -0.05) is 12.1 Å². The number of anilines is 1. The lowest BCUT2D eigenvalue weighted by atomic mass is 10.1. The Morgan fingerprint density at radius 2 is 1.68 bits per heavy atom. The number of nitrogens with two attached hydrogens (primary N) is 1. The Morgan fingerprint density at radius 1 is 1.05 bits per heavy atom. The summed E-state index contributed by atoms with van der Waals surface area (Å²) in [5.41, 5.74) is 7.48. The molecule has 2 aromatic carbocycles. The second-order valence-electron chi connectivity index (χ2n) is 4.56. The molecule has 0 spiro atoms. The molecule has 3 amide bonds. The molecule has 2 aromatic rings. The van der Waals surface area contributed by atoms with E-state index in [1.165, 1.54) is 0 Å². The van der Waals surface area contributed by atoms with E-state index < -0.39 is 6.03 Å². The van der Waals surface area contributed by atoms with Gasteiger partial charge < -0.3 is 16.4 Å². The molecule has 4 N–H and O–H groups in total. The maximum Gasteiger partial charge on any atom is 0.316 e. The van der Waals surface area contributed by atoms with Crippen molar-refractivity contribution in [1.29, 1.82) is 5.26 Å². The Bertz CT molecular complexity index is 715. The Labute approximate surface area is 127 Å². The second-order valence-corrected chi connectivity index (χ2v) is 4.56. The van der Waals surface area contributed by atoms with E-state index in [4.69, 9.17) is 11.0 Å². The van der Waals surface area contributed by atoms with Crippen LogP contribution in [0.25, 0.3) is 0 Å². The molecule has 0 bridgehead atoms. The van der Waals surface area contributed by atoms with Crippen LogP contribution in [0.4, 0.5) is 10.5 Å². The number of benzene rings is 2. The van der Waals surface area contributed by atoms with Gasteiger partial charge in [0.2, 0.25) is 0 Å². The van der Waals surface area contributed by atoms with E-state index in [9.17, 15) is 9.59 Å². The molecule has 0 atom stereocenters. The van der Waals surface area contributed by atoms with Crippen molar-refractivity contribution < 1.29 is 9.59 Å². The molecule has 0 aromatic heterocycles. The van der Waals surface area contributed by atoms with Crippen molar-refractivity contribution in [1.82, 2.24) is 5.32 Å². The molecule has 2 rings (SSSR count). The number of amides is 3. The minimum Gasteiger partial charge on any atom is -0.351 e. The predicted octanol–water partition coefficient (Wildman–Crippen LogP) is 1.98. The van der Waals surface area contributed by atoms with Gasteiger partial charge in [-0.2, -0.15) is 5.26 Å². The molecule has 22 heavy (non-hydrogen) atoms. The number of rotatable bonds is 4. The van der Waals surface area contributed by atoms with Crippen molar-refractivity contribution in [3.05, 3.63) is 65.2 Å². The largest absolute Gasteiger partial charge is 0.351 e. The molecular formula is C16H14N4O2. The average Bonchev–Trinajstić information content (AvgIpc) is 2.53. The van der Waals surface area contributed by atoms with E-state index in [1.807, 2.05) is 6.07 Å². The summed E-state index contributed by atoms with van der Waals surface area (Å²) in [5, 5.41) is 13.9. The minimum absolute atomic E-state index is 0.227. The van der Waals surface area contributed by atoms with Crippen molar-refractivity contribution in [2.75, 3.05) is 5.32 Å². The van der Waals surface area contributed by atoms with Crippen LogP contribution in [0.5, 0.6) is 0 Å². The molecule has 110 valence electrons. The van der Waals surface area contributed by atoms with Crippen LogP contribution in [0.3, 0.4) is 0 Å².